The first-order valence-corrected chi connectivity index (χ1v) is 13.9. The number of nitrogens with one attached hydrogen (secondary N) is 1. The van der Waals surface area contributed by atoms with Gasteiger partial charge >= 0.3 is 0 Å². The second kappa shape index (κ2) is 9.57. The van der Waals surface area contributed by atoms with Gasteiger partial charge in [-0.2, -0.15) is 0 Å². The van der Waals surface area contributed by atoms with E-state index in [1.54, 1.807) is 0 Å². The predicted octanol–water partition coefficient (Wildman–Crippen LogP) is 2.91. The molecule has 0 radical (unpaired) electrons. The Morgan fingerprint density at radius 2 is 1.70 bits per heavy atom. The summed E-state index contributed by atoms with van der Waals surface area (Å²) in [6.07, 6.45) is 0.223. The molecule has 1 saturated carbocycles. The molecule has 1 aromatic heterocycles. The molecule has 2 aromatic rings. The summed E-state index contributed by atoms with van der Waals surface area (Å²) in [5.41, 5.74) is 0.420. The standard InChI is InChI=1S/C20H23F2N3O5S3/c1-25(2)33(29,30)18-11-23-20(31-18)24-19(26)15(8-12-9-16(21)17(22)10-12)13-4-6-14(7-5-13)32(3,27)28/h4-8,11-12,16-17H,9-10H2,1-3H3,(H,23,24,26)/b15-8+/t12?,16-,17+. The number of hydrogen-bond donors (Lipinski definition) is 1. The average molecular weight is 520 g/mol. The average Bonchev–Trinajstić information content (AvgIpc) is 3.32. The Hall–Kier alpha value is -2.22. The zero-order chi connectivity index (χ0) is 24.6. The Bertz CT molecular complexity index is 1260. The van der Waals surface area contributed by atoms with Crippen molar-refractivity contribution in [2.45, 2.75) is 34.3 Å². The zero-order valence-electron chi connectivity index (χ0n) is 18.0. The number of sulfonamides is 1. The highest BCUT2D eigenvalue weighted by molar-refractivity contribution is 7.91. The number of nitrogens with zero attached hydrogens (tertiary/aromatic N) is 2. The molecule has 33 heavy (non-hydrogen) atoms. The minimum absolute atomic E-state index is 0.0252. The van der Waals surface area contributed by atoms with E-state index in [1.165, 1.54) is 44.4 Å². The Balaban J connectivity index is 1.93. The van der Waals surface area contributed by atoms with E-state index in [4.69, 9.17) is 0 Å². The Morgan fingerprint density at radius 3 is 2.21 bits per heavy atom. The lowest BCUT2D eigenvalue weighted by molar-refractivity contribution is -0.111. The summed E-state index contributed by atoms with van der Waals surface area (Å²) in [6.45, 7) is 0. The Morgan fingerprint density at radius 1 is 1.12 bits per heavy atom. The number of thiazole rings is 1. The van der Waals surface area contributed by atoms with E-state index in [0.717, 1.165) is 28.1 Å². The molecule has 1 aromatic carbocycles. The van der Waals surface area contributed by atoms with Crippen LogP contribution in [0.25, 0.3) is 5.57 Å². The van der Waals surface area contributed by atoms with Gasteiger partial charge in [-0.3, -0.25) is 10.1 Å². The van der Waals surface area contributed by atoms with Crippen LogP contribution in [0.5, 0.6) is 0 Å². The molecule has 1 heterocycles. The van der Waals surface area contributed by atoms with E-state index in [9.17, 15) is 30.4 Å². The van der Waals surface area contributed by atoms with Gasteiger partial charge < -0.3 is 0 Å². The summed E-state index contributed by atoms with van der Waals surface area (Å²) in [6, 6.07) is 5.53. The van der Waals surface area contributed by atoms with Crippen LogP contribution in [0.15, 0.2) is 45.6 Å². The first-order valence-electron chi connectivity index (χ1n) is 9.79. The van der Waals surface area contributed by atoms with Crippen molar-refractivity contribution in [3.8, 4) is 0 Å². The van der Waals surface area contributed by atoms with Crippen molar-refractivity contribution in [3.05, 3.63) is 42.1 Å². The molecule has 13 heteroatoms. The van der Waals surface area contributed by atoms with Crippen molar-refractivity contribution in [3.63, 3.8) is 0 Å². The maximum Gasteiger partial charge on any atom is 0.257 e. The molecule has 1 N–H and O–H groups in total. The van der Waals surface area contributed by atoms with Gasteiger partial charge in [0.1, 0.15) is 12.3 Å². The van der Waals surface area contributed by atoms with Gasteiger partial charge in [0.15, 0.2) is 19.2 Å². The molecule has 8 nitrogen and oxygen atoms in total. The van der Waals surface area contributed by atoms with Gasteiger partial charge in [-0.1, -0.05) is 29.5 Å². The number of allylic oxidation sites excluding steroid dienone is 1. The van der Waals surface area contributed by atoms with Crippen LogP contribution in [-0.2, 0) is 24.7 Å². The SMILES string of the molecule is CN(C)S(=O)(=O)c1cnc(NC(=O)/C(=C/C2C[C@@H](F)[C@@H](F)C2)c2ccc(S(C)(=O)=O)cc2)s1. The minimum Gasteiger partial charge on any atom is -0.298 e. The first-order chi connectivity index (χ1) is 15.3. The predicted molar refractivity (Wildman–Crippen MR) is 122 cm³/mol. The smallest absolute Gasteiger partial charge is 0.257 e. The number of aromatic nitrogens is 1. The molecule has 1 unspecified atom stereocenters. The fourth-order valence-corrected chi connectivity index (χ4v) is 6.13. The molecule has 180 valence electrons. The van der Waals surface area contributed by atoms with E-state index in [2.05, 4.69) is 10.3 Å². The fraction of sp³-hybridized carbons (Fsp3) is 0.400. The van der Waals surface area contributed by atoms with Gasteiger partial charge in [0.2, 0.25) is 0 Å². The number of alkyl halides is 2. The van der Waals surface area contributed by atoms with Gasteiger partial charge in [-0.25, -0.2) is 34.9 Å². The van der Waals surface area contributed by atoms with Gasteiger partial charge in [0.25, 0.3) is 15.9 Å². The fourth-order valence-electron chi connectivity index (χ4n) is 3.31. The molecule has 0 saturated heterocycles. The number of carbonyl (C=O) groups is 1. The number of halogens is 2. The lowest BCUT2D eigenvalue weighted by atomic mass is 9.98. The third kappa shape index (κ3) is 5.83. The molecule has 0 spiro atoms. The number of sulfone groups is 1. The Kier molecular flexibility index (Phi) is 7.36. The second-order valence-electron chi connectivity index (χ2n) is 7.87. The maximum absolute atomic E-state index is 13.7. The van der Waals surface area contributed by atoms with E-state index >= 15 is 0 Å². The summed E-state index contributed by atoms with van der Waals surface area (Å²) in [5, 5.41) is 2.55. The topological polar surface area (TPSA) is 114 Å². The Labute approximate surface area is 195 Å². The summed E-state index contributed by atoms with van der Waals surface area (Å²) in [7, 11) is -4.45. The minimum atomic E-state index is -3.73. The molecule has 1 aliphatic carbocycles. The molecular formula is C20H23F2N3O5S3. The highest BCUT2D eigenvalue weighted by atomic mass is 32.2. The highest BCUT2D eigenvalue weighted by Crippen LogP contribution is 2.34. The van der Waals surface area contributed by atoms with Crippen molar-refractivity contribution in [2.24, 2.45) is 5.92 Å². The monoisotopic (exact) mass is 519 g/mol. The number of anilines is 1. The summed E-state index contributed by atoms with van der Waals surface area (Å²) in [5.74, 6) is -1.20. The summed E-state index contributed by atoms with van der Waals surface area (Å²) in [4.78, 5) is 17.1. The number of carbonyl (C=O) groups excluding carboxylic acids is 1. The molecule has 1 amide bonds. The molecule has 3 rings (SSSR count). The van der Waals surface area contributed by atoms with Crippen LogP contribution in [0.1, 0.15) is 18.4 Å². The van der Waals surface area contributed by atoms with Crippen LogP contribution in [0.3, 0.4) is 0 Å². The lowest BCUT2D eigenvalue weighted by Gasteiger charge is -2.11. The van der Waals surface area contributed by atoms with E-state index < -0.39 is 44.0 Å². The zero-order valence-corrected chi connectivity index (χ0v) is 20.5. The van der Waals surface area contributed by atoms with Gasteiger partial charge in [-0.05, 0) is 36.5 Å². The summed E-state index contributed by atoms with van der Waals surface area (Å²) >= 11 is 0.759. The van der Waals surface area contributed by atoms with Gasteiger partial charge in [0.05, 0.1) is 11.1 Å². The lowest BCUT2D eigenvalue weighted by Crippen LogP contribution is -2.21. The molecule has 3 atom stereocenters. The van der Waals surface area contributed by atoms with Gasteiger partial charge in [0, 0.05) is 25.9 Å². The van der Waals surface area contributed by atoms with Crippen molar-refractivity contribution >= 4 is 47.8 Å². The number of amides is 1. The third-order valence-corrected chi connectivity index (χ3v) is 9.42. The largest absolute Gasteiger partial charge is 0.298 e. The summed E-state index contributed by atoms with van der Waals surface area (Å²) < 4.78 is 76.3. The first kappa shape index (κ1) is 25.4. The number of rotatable bonds is 7. The van der Waals surface area contributed by atoms with Crippen molar-refractivity contribution < 1.29 is 30.4 Å². The van der Waals surface area contributed by atoms with E-state index in [-0.39, 0.29) is 32.7 Å². The van der Waals surface area contributed by atoms with Crippen LogP contribution in [0.4, 0.5) is 13.9 Å². The van der Waals surface area contributed by atoms with Crippen LogP contribution in [-0.4, -0.2) is 64.7 Å². The van der Waals surface area contributed by atoms with Crippen LogP contribution >= 0.6 is 11.3 Å². The van der Waals surface area contributed by atoms with Crippen LogP contribution < -0.4 is 5.32 Å². The van der Waals surface area contributed by atoms with Crippen molar-refractivity contribution in [1.29, 1.82) is 0 Å². The van der Waals surface area contributed by atoms with Crippen LogP contribution in [0, 0.1) is 5.92 Å². The quantitative estimate of drug-likeness (QED) is 0.563. The third-order valence-electron chi connectivity index (χ3n) is 5.13. The van der Waals surface area contributed by atoms with Crippen LogP contribution in [0.2, 0.25) is 0 Å². The van der Waals surface area contributed by atoms with E-state index in [1.807, 2.05) is 0 Å². The molecule has 0 aliphatic heterocycles. The van der Waals surface area contributed by atoms with Gasteiger partial charge in [-0.15, -0.1) is 0 Å². The normalized spacial score (nSPS) is 22.0. The number of benzene rings is 1. The number of hydrogen-bond acceptors (Lipinski definition) is 7. The second-order valence-corrected chi connectivity index (χ2v) is 13.3. The maximum atomic E-state index is 13.7. The molecule has 1 fully saturated rings. The molecule has 1 aliphatic rings. The van der Waals surface area contributed by atoms with Crippen molar-refractivity contribution in [1.82, 2.24) is 9.29 Å². The van der Waals surface area contributed by atoms with E-state index in [0.29, 0.717) is 5.56 Å². The molecular weight excluding hydrogens is 496 g/mol. The highest BCUT2D eigenvalue weighted by Gasteiger charge is 2.34. The van der Waals surface area contributed by atoms with Crippen molar-refractivity contribution in [2.75, 3.05) is 25.7 Å². The molecule has 0 bridgehead atoms.